The van der Waals surface area contributed by atoms with Crippen molar-refractivity contribution in [1.82, 2.24) is 4.98 Å². The van der Waals surface area contributed by atoms with E-state index in [1.54, 1.807) is 26.4 Å². The van der Waals surface area contributed by atoms with Gasteiger partial charge in [-0.3, -0.25) is 0 Å². The average Bonchev–Trinajstić information content (AvgIpc) is 2.89. The molecule has 1 aromatic heterocycles. The largest absolute Gasteiger partial charge is 0.498 e. The minimum absolute atomic E-state index is 0.0228. The van der Waals surface area contributed by atoms with Crippen LogP contribution in [0.15, 0.2) is 44.5 Å². The van der Waals surface area contributed by atoms with Crippen molar-refractivity contribution in [2.24, 2.45) is 0 Å². The number of allylic oxidation sites excluding steroid dienone is 2. The van der Waals surface area contributed by atoms with Crippen LogP contribution < -0.4 is 0 Å². The molecule has 0 amide bonds. The van der Waals surface area contributed by atoms with Gasteiger partial charge in [-0.15, -0.1) is 0 Å². The Morgan fingerprint density at radius 1 is 1.41 bits per heavy atom. The van der Waals surface area contributed by atoms with E-state index in [2.05, 4.69) is 27.0 Å². The first-order chi connectivity index (χ1) is 10.6. The maximum Gasteiger partial charge on any atom is 0.199 e. The summed E-state index contributed by atoms with van der Waals surface area (Å²) in [5.74, 6) is 1.46. The summed E-state index contributed by atoms with van der Waals surface area (Å²) < 4.78 is 17.4. The van der Waals surface area contributed by atoms with Gasteiger partial charge in [0.2, 0.25) is 0 Å². The van der Waals surface area contributed by atoms with Crippen LogP contribution >= 0.6 is 27.5 Å². The molecule has 0 radical (unpaired) electrons. The quantitative estimate of drug-likeness (QED) is 0.769. The number of nitrogens with zero attached hydrogens (tertiary/aromatic N) is 1. The molecule has 0 saturated carbocycles. The fourth-order valence-electron chi connectivity index (χ4n) is 2.49. The molecule has 6 heteroatoms. The van der Waals surface area contributed by atoms with Gasteiger partial charge >= 0.3 is 0 Å². The van der Waals surface area contributed by atoms with Crippen LogP contribution in [-0.4, -0.2) is 25.3 Å². The lowest BCUT2D eigenvalue weighted by atomic mass is 10.0. The molecule has 0 fully saturated rings. The van der Waals surface area contributed by atoms with Crippen LogP contribution in [0.1, 0.15) is 12.3 Å². The summed E-state index contributed by atoms with van der Waals surface area (Å²) in [7, 11) is 3.33. The fraction of sp³-hybridized carbons (Fsp3) is 0.312. The number of rotatable bonds is 4. The lowest BCUT2D eigenvalue weighted by Gasteiger charge is -2.20. The molecule has 22 heavy (non-hydrogen) atoms. The smallest absolute Gasteiger partial charge is 0.199 e. The number of aromatic nitrogens is 1. The van der Waals surface area contributed by atoms with Gasteiger partial charge in [-0.2, -0.15) is 0 Å². The van der Waals surface area contributed by atoms with Crippen LogP contribution in [0.4, 0.5) is 0 Å². The first-order valence-electron chi connectivity index (χ1n) is 6.82. The van der Waals surface area contributed by atoms with Gasteiger partial charge in [0.25, 0.3) is 0 Å². The van der Waals surface area contributed by atoms with E-state index in [1.807, 2.05) is 6.08 Å². The summed E-state index contributed by atoms with van der Waals surface area (Å²) in [5, 5.41) is 0.626. The van der Waals surface area contributed by atoms with Gasteiger partial charge < -0.3 is 13.9 Å². The van der Waals surface area contributed by atoms with E-state index in [-0.39, 0.29) is 6.10 Å². The zero-order valence-electron chi connectivity index (χ0n) is 12.2. The third kappa shape index (κ3) is 3.07. The molecular formula is C16H15BrClNO3. The normalized spacial score (nSPS) is 18.3. The number of hydrogen-bond acceptors (Lipinski definition) is 4. The molecule has 1 unspecified atom stereocenters. The zero-order chi connectivity index (χ0) is 15.7. The molecule has 0 aliphatic heterocycles. The van der Waals surface area contributed by atoms with Crippen LogP contribution in [0, 0.1) is 0 Å². The molecule has 0 saturated heterocycles. The molecule has 0 spiro atoms. The molecule has 1 aliphatic carbocycles. The number of halogens is 2. The molecule has 3 rings (SSSR count). The third-order valence-electron chi connectivity index (χ3n) is 3.57. The van der Waals surface area contributed by atoms with Crippen LogP contribution in [0.2, 0.25) is 5.02 Å². The number of oxazole rings is 1. The Kier molecular flexibility index (Phi) is 4.57. The summed E-state index contributed by atoms with van der Waals surface area (Å²) in [6.07, 6.45) is 5.45. The number of fused-ring (bicyclic) bond motifs is 1. The first kappa shape index (κ1) is 15.6. The maximum absolute atomic E-state index is 6.03. The van der Waals surface area contributed by atoms with Gasteiger partial charge in [0.05, 0.1) is 11.6 Å². The summed E-state index contributed by atoms with van der Waals surface area (Å²) in [4.78, 5) is 4.50. The standard InChI is InChI=1S/C16H15BrClNO3/c1-20-13-4-3-9(5-14(13)21-2)6-15-19-12-8-10(18)7-11(17)16(12)22-15/h3,5,7-8,13H,4,6H2,1-2H3. The monoisotopic (exact) mass is 383 g/mol. The second-order valence-corrected chi connectivity index (χ2v) is 6.30. The Morgan fingerprint density at radius 2 is 2.23 bits per heavy atom. The van der Waals surface area contributed by atoms with Gasteiger partial charge in [-0.05, 0) is 46.1 Å². The Bertz CT molecular complexity index is 766. The van der Waals surface area contributed by atoms with Crippen LogP contribution in [0.3, 0.4) is 0 Å². The molecule has 0 bridgehead atoms. The summed E-state index contributed by atoms with van der Waals surface area (Å²) >= 11 is 9.47. The highest BCUT2D eigenvalue weighted by atomic mass is 79.9. The SMILES string of the molecule is COC1=CC(Cc2nc3cc(Cl)cc(Br)c3o2)=CCC1OC. The van der Waals surface area contributed by atoms with E-state index in [4.69, 9.17) is 25.5 Å². The maximum atomic E-state index is 6.03. The molecule has 0 N–H and O–H groups in total. The number of hydrogen-bond donors (Lipinski definition) is 0. The molecule has 1 heterocycles. The van der Waals surface area contributed by atoms with Crippen molar-refractivity contribution >= 4 is 38.6 Å². The van der Waals surface area contributed by atoms with Crippen molar-refractivity contribution in [2.45, 2.75) is 18.9 Å². The van der Waals surface area contributed by atoms with Crippen molar-refractivity contribution < 1.29 is 13.9 Å². The van der Waals surface area contributed by atoms with Crippen molar-refractivity contribution in [3.8, 4) is 0 Å². The summed E-state index contributed by atoms with van der Waals surface area (Å²) in [6, 6.07) is 3.59. The molecule has 4 nitrogen and oxygen atoms in total. The van der Waals surface area contributed by atoms with Gasteiger partial charge in [0, 0.05) is 18.6 Å². The van der Waals surface area contributed by atoms with E-state index in [9.17, 15) is 0 Å². The lowest BCUT2D eigenvalue weighted by Crippen LogP contribution is -2.17. The van der Waals surface area contributed by atoms with Crippen molar-refractivity contribution in [1.29, 1.82) is 0 Å². The first-order valence-corrected chi connectivity index (χ1v) is 7.99. The van der Waals surface area contributed by atoms with Crippen LogP contribution in [-0.2, 0) is 15.9 Å². The second-order valence-electron chi connectivity index (χ2n) is 5.01. The highest BCUT2D eigenvalue weighted by Crippen LogP contribution is 2.30. The molecule has 1 atom stereocenters. The van der Waals surface area contributed by atoms with Gasteiger partial charge in [0.15, 0.2) is 11.5 Å². The molecule has 1 aromatic carbocycles. The van der Waals surface area contributed by atoms with E-state index in [1.165, 1.54) is 0 Å². The average molecular weight is 385 g/mol. The number of benzene rings is 1. The van der Waals surface area contributed by atoms with E-state index < -0.39 is 0 Å². The predicted molar refractivity (Wildman–Crippen MR) is 89.0 cm³/mol. The molecule has 1 aliphatic rings. The predicted octanol–water partition coefficient (Wildman–Crippen LogP) is 4.66. The van der Waals surface area contributed by atoms with Crippen molar-refractivity contribution in [2.75, 3.05) is 14.2 Å². The number of methoxy groups -OCH3 is 2. The Hall–Kier alpha value is -1.30. The van der Waals surface area contributed by atoms with Crippen molar-refractivity contribution in [3.05, 3.63) is 51.0 Å². The Balaban J connectivity index is 1.86. The van der Waals surface area contributed by atoms with Crippen molar-refractivity contribution in [3.63, 3.8) is 0 Å². The Labute approximate surface area is 141 Å². The number of ether oxygens (including phenoxy) is 2. The van der Waals surface area contributed by atoms with Gasteiger partial charge in [-0.1, -0.05) is 17.7 Å². The highest BCUT2D eigenvalue weighted by Gasteiger charge is 2.19. The minimum atomic E-state index is -0.0228. The van der Waals surface area contributed by atoms with E-state index in [0.29, 0.717) is 22.9 Å². The fourth-order valence-corrected chi connectivity index (χ4v) is 3.37. The summed E-state index contributed by atoms with van der Waals surface area (Å²) in [5.41, 5.74) is 2.55. The topological polar surface area (TPSA) is 44.5 Å². The van der Waals surface area contributed by atoms with E-state index in [0.717, 1.165) is 27.7 Å². The van der Waals surface area contributed by atoms with Gasteiger partial charge in [-0.25, -0.2) is 4.98 Å². The zero-order valence-corrected chi connectivity index (χ0v) is 14.6. The second kappa shape index (κ2) is 6.44. The molecule has 2 aromatic rings. The Morgan fingerprint density at radius 3 is 2.95 bits per heavy atom. The minimum Gasteiger partial charge on any atom is -0.498 e. The van der Waals surface area contributed by atoms with E-state index >= 15 is 0 Å². The van der Waals surface area contributed by atoms with Gasteiger partial charge in [0.1, 0.15) is 17.4 Å². The molecule has 116 valence electrons. The van der Waals surface area contributed by atoms with Crippen LogP contribution in [0.5, 0.6) is 0 Å². The lowest BCUT2D eigenvalue weighted by molar-refractivity contribution is 0.0789. The van der Waals surface area contributed by atoms with Crippen LogP contribution in [0.25, 0.3) is 11.1 Å². The third-order valence-corrected chi connectivity index (χ3v) is 4.38. The molecular weight excluding hydrogens is 370 g/mol. The highest BCUT2D eigenvalue weighted by molar-refractivity contribution is 9.10. The summed E-state index contributed by atoms with van der Waals surface area (Å²) in [6.45, 7) is 0.